The average Bonchev–Trinajstić information content (AvgIpc) is 2.53. The second-order valence-electron chi connectivity index (χ2n) is 6.32. The summed E-state index contributed by atoms with van der Waals surface area (Å²) in [6, 6.07) is 5.90. The Bertz CT molecular complexity index is 961. The standard InChI is InChI=1S/C17H19NO5S/c1-11-4-3-7-18(10-11)24(21,22)16-9-14-8-13(12(2)19)5-6-15(14)23-17(16)20/h5-6,8-9,11H,3-4,7,10H2,1-2H3. The van der Waals surface area contributed by atoms with Crippen molar-refractivity contribution in [3.05, 3.63) is 40.2 Å². The third-order valence-electron chi connectivity index (χ3n) is 4.34. The number of benzene rings is 1. The van der Waals surface area contributed by atoms with Crippen molar-refractivity contribution in [3.8, 4) is 0 Å². The van der Waals surface area contributed by atoms with Gasteiger partial charge in [-0.3, -0.25) is 4.79 Å². The van der Waals surface area contributed by atoms with E-state index in [2.05, 4.69) is 0 Å². The van der Waals surface area contributed by atoms with Crippen LogP contribution in [-0.4, -0.2) is 31.6 Å². The number of Topliss-reactive ketones (excluding diaryl/α,β-unsaturated/α-hetero) is 1. The first-order valence-electron chi connectivity index (χ1n) is 7.88. The Morgan fingerprint density at radius 3 is 2.71 bits per heavy atom. The highest BCUT2D eigenvalue weighted by Gasteiger charge is 2.31. The van der Waals surface area contributed by atoms with Crippen molar-refractivity contribution in [2.75, 3.05) is 13.1 Å². The summed E-state index contributed by atoms with van der Waals surface area (Å²) < 4.78 is 32.1. The molecule has 1 saturated heterocycles. The highest BCUT2D eigenvalue weighted by atomic mass is 32.2. The normalized spacial score (nSPS) is 19.5. The van der Waals surface area contributed by atoms with Crippen molar-refractivity contribution >= 4 is 26.8 Å². The van der Waals surface area contributed by atoms with Crippen molar-refractivity contribution in [2.24, 2.45) is 5.92 Å². The summed E-state index contributed by atoms with van der Waals surface area (Å²) >= 11 is 0. The number of hydrogen-bond acceptors (Lipinski definition) is 5. The molecule has 2 aromatic rings. The van der Waals surface area contributed by atoms with Gasteiger partial charge < -0.3 is 4.42 Å². The van der Waals surface area contributed by atoms with E-state index in [9.17, 15) is 18.0 Å². The molecule has 0 spiro atoms. The summed E-state index contributed by atoms with van der Waals surface area (Å²) in [7, 11) is -3.91. The molecule has 1 aliphatic heterocycles. The van der Waals surface area contributed by atoms with Crippen molar-refractivity contribution in [1.82, 2.24) is 4.31 Å². The summed E-state index contributed by atoms with van der Waals surface area (Å²) in [5.74, 6) is 0.114. The van der Waals surface area contributed by atoms with E-state index < -0.39 is 15.6 Å². The van der Waals surface area contributed by atoms with Crippen LogP contribution < -0.4 is 5.63 Å². The van der Waals surface area contributed by atoms with Gasteiger partial charge in [-0.05, 0) is 49.9 Å². The van der Waals surface area contributed by atoms with Gasteiger partial charge in [0.15, 0.2) is 10.7 Å². The van der Waals surface area contributed by atoms with E-state index >= 15 is 0 Å². The molecule has 0 amide bonds. The molecule has 1 aromatic heterocycles. The molecule has 0 aliphatic carbocycles. The first kappa shape index (κ1) is 16.9. The lowest BCUT2D eigenvalue weighted by Crippen LogP contribution is -2.40. The Morgan fingerprint density at radius 2 is 2.04 bits per heavy atom. The first-order valence-corrected chi connectivity index (χ1v) is 9.32. The van der Waals surface area contributed by atoms with E-state index in [1.54, 1.807) is 12.1 Å². The van der Waals surface area contributed by atoms with Crippen LogP contribution in [0.5, 0.6) is 0 Å². The molecular formula is C17H19NO5S. The highest BCUT2D eigenvalue weighted by Crippen LogP contribution is 2.24. The maximum absolute atomic E-state index is 12.8. The zero-order valence-electron chi connectivity index (χ0n) is 13.6. The zero-order chi connectivity index (χ0) is 17.5. The molecule has 3 rings (SSSR count). The Morgan fingerprint density at radius 1 is 1.29 bits per heavy atom. The second kappa shape index (κ2) is 6.14. The maximum atomic E-state index is 12.8. The van der Waals surface area contributed by atoms with E-state index in [1.807, 2.05) is 6.92 Å². The minimum atomic E-state index is -3.91. The average molecular weight is 349 g/mol. The number of fused-ring (bicyclic) bond motifs is 1. The lowest BCUT2D eigenvalue weighted by atomic mass is 10.0. The van der Waals surface area contributed by atoms with Crippen LogP contribution in [0.3, 0.4) is 0 Å². The fourth-order valence-electron chi connectivity index (χ4n) is 3.01. The minimum absolute atomic E-state index is 0.141. The number of ketones is 1. The molecule has 1 fully saturated rings. The van der Waals surface area contributed by atoms with Crippen LogP contribution in [0.25, 0.3) is 11.0 Å². The number of carbonyl (C=O) groups is 1. The summed E-state index contributed by atoms with van der Waals surface area (Å²) in [6.45, 7) is 4.21. The molecule has 1 aromatic carbocycles. The van der Waals surface area contributed by atoms with Gasteiger partial charge in [0.2, 0.25) is 10.0 Å². The van der Waals surface area contributed by atoms with E-state index in [-0.39, 0.29) is 22.2 Å². The molecule has 7 heteroatoms. The molecule has 0 saturated carbocycles. The van der Waals surface area contributed by atoms with Gasteiger partial charge in [-0.1, -0.05) is 6.92 Å². The molecule has 2 heterocycles. The molecule has 6 nitrogen and oxygen atoms in total. The molecule has 0 N–H and O–H groups in total. The number of nitrogens with zero attached hydrogens (tertiary/aromatic N) is 1. The quantitative estimate of drug-likeness (QED) is 0.627. The largest absolute Gasteiger partial charge is 0.422 e. The minimum Gasteiger partial charge on any atom is -0.422 e. The monoisotopic (exact) mass is 349 g/mol. The van der Waals surface area contributed by atoms with Crippen molar-refractivity contribution in [3.63, 3.8) is 0 Å². The number of hydrogen-bond donors (Lipinski definition) is 0. The summed E-state index contributed by atoms with van der Waals surface area (Å²) in [5.41, 5.74) is -0.182. The molecule has 24 heavy (non-hydrogen) atoms. The third-order valence-corrected chi connectivity index (χ3v) is 6.20. The SMILES string of the molecule is CC(=O)c1ccc2oc(=O)c(S(=O)(=O)N3CCCC(C)C3)cc2c1. The zero-order valence-corrected chi connectivity index (χ0v) is 14.4. The fraction of sp³-hybridized carbons (Fsp3) is 0.412. The Kier molecular flexibility index (Phi) is 4.31. The van der Waals surface area contributed by atoms with Crippen LogP contribution in [0.4, 0.5) is 0 Å². The van der Waals surface area contributed by atoms with Crippen LogP contribution in [0, 0.1) is 5.92 Å². The number of carbonyl (C=O) groups excluding carboxylic acids is 1. The highest BCUT2D eigenvalue weighted by molar-refractivity contribution is 7.89. The van der Waals surface area contributed by atoms with Crippen molar-refractivity contribution in [2.45, 2.75) is 31.6 Å². The molecule has 0 bridgehead atoms. The topological polar surface area (TPSA) is 84.7 Å². The van der Waals surface area contributed by atoms with Gasteiger partial charge in [-0.25, -0.2) is 13.2 Å². The predicted molar refractivity (Wildman–Crippen MR) is 89.6 cm³/mol. The lowest BCUT2D eigenvalue weighted by molar-refractivity contribution is 0.101. The van der Waals surface area contributed by atoms with E-state index in [4.69, 9.17) is 4.42 Å². The van der Waals surface area contributed by atoms with E-state index in [0.717, 1.165) is 12.8 Å². The summed E-state index contributed by atoms with van der Waals surface area (Å²) in [6.07, 6.45) is 1.74. The van der Waals surface area contributed by atoms with Gasteiger partial charge in [-0.15, -0.1) is 0 Å². The summed E-state index contributed by atoms with van der Waals surface area (Å²) in [5, 5.41) is 0.422. The van der Waals surface area contributed by atoms with Crippen LogP contribution in [-0.2, 0) is 10.0 Å². The molecule has 1 unspecified atom stereocenters. The number of rotatable bonds is 3. The second-order valence-corrected chi connectivity index (χ2v) is 8.22. The van der Waals surface area contributed by atoms with Gasteiger partial charge >= 0.3 is 5.63 Å². The van der Waals surface area contributed by atoms with Crippen molar-refractivity contribution < 1.29 is 17.6 Å². The molecule has 0 radical (unpaired) electrons. The number of piperidine rings is 1. The van der Waals surface area contributed by atoms with Gasteiger partial charge in [0.05, 0.1) is 0 Å². The van der Waals surface area contributed by atoms with Crippen LogP contribution in [0.1, 0.15) is 37.0 Å². The Hall–Kier alpha value is -1.99. The third kappa shape index (κ3) is 3.01. The van der Waals surface area contributed by atoms with Crippen LogP contribution >= 0.6 is 0 Å². The van der Waals surface area contributed by atoms with Crippen LogP contribution in [0.2, 0.25) is 0 Å². The van der Waals surface area contributed by atoms with E-state index in [0.29, 0.717) is 24.0 Å². The Balaban J connectivity index is 2.12. The Labute approximate surface area is 140 Å². The lowest BCUT2D eigenvalue weighted by Gasteiger charge is -2.29. The number of sulfonamides is 1. The van der Waals surface area contributed by atoms with Gasteiger partial charge in [0.25, 0.3) is 0 Å². The van der Waals surface area contributed by atoms with E-state index in [1.165, 1.54) is 23.4 Å². The van der Waals surface area contributed by atoms with Gasteiger partial charge in [-0.2, -0.15) is 4.31 Å². The smallest absolute Gasteiger partial charge is 0.356 e. The van der Waals surface area contributed by atoms with Gasteiger partial charge in [0, 0.05) is 24.0 Å². The van der Waals surface area contributed by atoms with Gasteiger partial charge in [0.1, 0.15) is 5.58 Å². The first-order chi connectivity index (χ1) is 11.3. The molecule has 1 atom stereocenters. The van der Waals surface area contributed by atoms with Crippen molar-refractivity contribution in [1.29, 1.82) is 0 Å². The molecule has 1 aliphatic rings. The van der Waals surface area contributed by atoms with Crippen LogP contribution in [0.15, 0.2) is 38.4 Å². The maximum Gasteiger partial charge on any atom is 0.356 e. The molecular weight excluding hydrogens is 330 g/mol. The fourth-order valence-corrected chi connectivity index (χ4v) is 4.63. The predicted octanol–water partition coefficient (Wildman–Crippen LogP) is 2.42. The molecule has 128 valence electrons. The summed E-state index contributed by atoms with van der Waals surface area (Å²) in [4.78, 5) is 23.3.